The highest BCUT2D eigenvalue weighted by atomic mass is 32.2. The molecule has 1 aliphatic rings. The smallest absolute Gasteiger partial charge is 0.335 e. The third kappa shape index (κ3) is 2.10. The van der Waals surface area contributed by atoms with E-state index in [1.165, 1.54) is 24.2 Å². The molecule has 14 heavy (non-hydrogen) atoms. The van der Waals surface area contributed by atoms with Gasteiger partial charge in [-0.25, -0.2) is 4.79 Å². The van der Waals surface area contributed by atoms with Crippen molar-refractivity contribution in [1.82, 2.24) is 0 Å². The summed E-state index contributed by atoms with van der Waals surface area (Å²) >= 11 is 1.86. The second-order valence-corrected chi connectivity index (χ2v) is 4.87. The Morgan fingerprint density at radius 1 is 1.29 bits per heavy atom. The minimum atomic E-state index is -0.856. The van der Waals surface area contributed by atoms with E-state index in [1.54, 1.807) is 12.1 Å². The van der Waals surface area contributed by atoms with Gasteiger partial charge in [0.25, 0.3) is 0 Å². The lowest BCUT2D eigenvalue weighted by Crippen LogP contribution is -2.12. The number of aromatic carboxylic acids is 1. The minimum Gasteiger partial charge on any atom is -0.478 e. The molecule has 0 heterocycles. The van der Waals surface area contributed by atoms with E-state index in [4.69, 9.17) is 5.11 Å². The molecule has 1 aliphatic carbocycles. The lowest BCUT2D eigenvalue weighted by atomic mass is 10.0. The molecule has 2 rings (SSSR count). The van der Waals surface area contributed by atoms with Gasteiger partial charge in [0, 0.05) is 10.1 Å². The highest BCUT2D eigenvalue weighted by molar-refractivity contribution is 8.00. The molecule has 0 aliphatic heterocycles. The Labute approximate surface area is 87.3 Å². The van der Waals surface area contributed by atoms with Crippen LogP contribution in [0.4, 0.5) is 0 Å². The van der Waals surface area contributed by atoms with E-state index in [0.717, 1.165) is 5.25 Å². The van der Waals surface area contributed by atoms with Crippen molar-refractivity contribution in [2.75, 3.05) is 0 Å². The van der Waals surface area contributed by atoms with Gasteiger partial charge in [-0.2, -0.15) is 0 Å². The zero-order valence-electron chi connectivity index (χ0n) is 7.77. The number of hydrogen-bond donors (Lipinski definition) is 1. The minimum absolute atomic E-state index is 0.364. The van der Waals surface area contributed by atoms with Crippen molar-refractivity contribution in [3.05, 3.63) is 29.8 Å². The first-order valence-corrected chi connectivity index (χ1v) is 5.64. The van der Waals surface area contributed by atoms with E-state index in [1.807, 2.05) is 23.9 Å². The molecule has 0 aromatic heterocycles. The summed E-state index contributed by atoms with van der Waals surface area (Å²) < 4.78 is 0. The summed E-state index contributed by atoms with van der Waals surface area (Å²) in [6.45, 7) is 0. The van der Waals surface area contributed by atoms with Crippen LogP contribution in [-0.2, 0) is 0 Å². The van der Waals surface area contributed by atoms with Crippen molar-refractivity contribution in [2.45, 2.75) is 29.4 Å². The Morgan fingerprint density at radius 2 is 1.93 bits per heavy atom. The molecule has 1 N–H and O–H groups in total. The maximum absolute atomic E-state index is 10.6. The van der Waals surface area contributed by atoms with Crippen molar-refractivity contribution in [2.24, 2.45) is 0 Å². The second-order valence-electron chi connectivity index (χ2n) is 3.50. The Hall–Kier alpha value is -0.960. The third-order valence-corrected chi connectivity index (χ3v) is 3.81. The van der Waals surface area contributed by atoms with E-state index in [9.17, 15) is 4.79 Å². The molecule has 74 valence electrons. The number of hydrogen-bond acceptors (Lipinski definition) is 2. The number of benzene rings is 1. The van der Waals surface area contributed by atoms with Crippen LogP contribution in [0.15, 0.2) is 29.2 Å². The van der Waals surface area contributed by atoms with E-state index in [-0.39, 0.29) is 0 Å². The van der Waals surface area contributed by atoms with Crippen LogP contribution in [0.2, 0.25) is 0 Å². The van der Waals surface area contributed by atoms with E-state index in [0.29, 0.717) is 5.56 Å². The molecule has 0 unspecified atom stereocenters. The number of carboxylic acid groups (broad SMARTS) is 1. The van der Waals surface area contributed by atoms with Crippen molar-refractivity contribution in [3.8, 4) is 0 Å². The topological polar surface area (TPSA) is 37.3 Å². The summed E-state index contributed by atoms with van der Waals surface area (Å²) in [5.41, 5.74) is 0.364. The second kappa shape index (κ2) is 4.05. The van der Waals surface area contributed by atoms with Gasteiger partial charge in [0.05, 0.1) is 5.56 Å². The molecule has 1 aromatic carbocycles. The lowest BCUT2D eigenvalue weighted by Gasteiger charge is -2.24. The standard InChI is InChI=1S/C11H12O2S/c12-11(13)8-4-6-10(7-5-8)14-9-2-1-3-9/h4-7,9H,1-3H2,(H,12,13). The quantitative estimate of drug-likeness (QED) is 0.829. The molecule has 1 aromatic rings. The van der Waals surface area contributed by atoms with Gasteiger partial charge in [0.2, 0.25) is 0 Å². The van der Waals surface area contributed by atoms with Crippen LogP contribution in [0.25, 0.3) is 0 Å². The fourth-order valence-corrected chi connectivity index (χ4v) is 2.60. The number of thioether (sulfide) groups is 1. The Morgan fingerprint density at radius 3 is 2.36 bits per heavy atom. The monoisotopic (exact) mass is 208 g/mol. The highest BCUT2D eigenvalue weighted by Gasteiger charge is 2.18. The Balaban J connectivity index is 2.01. The molecular weight excluding hydrogens is 196 g/mol. The van der Waals surface area contributed by atoms with Gasteiger partial charge in [-0.1, -0.05) is 6.42 Å². The molecule has 0 amide bonds. The molecule has 0 atom stereocenters. The lowest BCUT2D eigenvalue weighted by molar-refractivity contribution is 0.0697. The van der Waals surface area contributed by atoms with Gasteiger partial charge >= 0.3 is 5.97 Å². The summed E-state index contributed by atoms with van der Waals surface area (Å²) in [6, 6.07) is 7.13. The Kier molecular flexibility index (Phi) is 2.77. The van der Waals surface area contributed by atoms with Gasteiger partial charge in [-0.15, -0.1) is 11.8 Å². The van der Waals surface area contributed by atoms with Crippen molar-refractivity contribution < 1.29 is 9.90 Å². The number of carbonyl (C=O) groups is 1. The maximum atomic E-state index is 10.6. The van der Waals surface area contributed by atoms with Gasteiger partial charge in [0.15, 0.2) is 0 Å². The zero-order valence-corrected chi connectivity index (χ0v) is 8.59. The summed E-state index contributed by atoms with van der Waals surface area (Å²) in [5.74, 6) is -0.856. The summed E-state index contributed by atoms with van der Waals surface area (Å²) in [5, 5.41) is 9.46. The van der Waals surface area contributed by atoms with Crippen LogP contribution in [0.5, 0.6) is 0 Å². The van der Waals surface area contributed by atoms with Gasteiger partial charge < -0.3 is 5.11 Å². The van der Waals surface area contributed by atoms with E-state index in [2.05, 4.69) is 0 Å². The maximum Gasteiger partial charge on any atom is 0.335 e. The van der Waals surface area contributed by atoms with Crippen molar-refractivity contribution in [1.29, 1.82) is 0 Å². The normalized spacial score (nSPS) is 16.3. The van der Waals surface area contributed by atoms with Crippen LogP contribution in [0.3, 0.4) is 0 Å². The molecule has 1 fully saturated rings. The highest BCUT2D eigenvalue weighted by Crippen LogP contribution is 2.36. The molecule has 0 radical (unpaired) electrons. The average Bonchev–Trinajstić information content (AvgIpc) is 2.12. The fourth-order valence-electron chi connectivity index (χ4n) is 1.36. The zero-order chi connectivity index (χ0) is 9.97. The van der Waals surface area contributed by atoms with Crippen LogP contribution in [0.1, 0.15) is 29.6 Å². The van der Waals surface area contributed by atoms with Gasteiger partial charge in [-0.3, -0.25) is 0 Å². The number of carboxylic acids is 1. The van der Waals surface area contributed by atoms with Crippen LogP contribution in [-0.4, -0.2) is 16.3 Å². The van der Waals surface area contributed by atoms with Gasteiger partial charge in [-0.05, 0) is 37.1 Å². The first kappa shape index (κ1) is 9.59. The molecule has 3 heteroatoms. The predicted octanol–water partition coefficient (Wildman–Crippen LogP) is 3.03. The molecule has 2 nitrogen and oxygen atoms in total. The first-order chi connectivity index (χ1) is 6.75. The molecular formula is C11H12O2S. The average molecular weight is 208 g/mol. The summed E-state index contributed by atoms with van der Waals surface area (Å²) in [4.78, 5) is 11.8. The van der Waals surface area contributed by atoms with E-state index >= 15 is 0 Å². The van der Waals surface area contributed by atoms with Crippen LogP contribution < -0.4 is 0 Å². The van der Waals surface area contributed by atoms with Crippen LogP contribution >= 0.6 is 11.8 Å². The molecule has 0 saturated heterocycles. The molecule has 0 spiro atoms. The Bertz CT molecular complexity index is 328. The fraction of sp³-hybridized carbons (Fsp3) is 0.364. The first-order valence-electron chi connectivity index (χ1n) is 4.76. The van der Waals surface area contributed by atoms with E-state index < -0.39 is 5.97 Å². The summed E-state index contributed by atoms with van der Waals surface area (Å²) in [6.07, 6.45) is 3.93. The molecule has 1 saturated carbocycles. The largest absolute Gasteiger partial charge is 0.478 e. The molecule has 0 bridgehead atoms. The SMILES string of the molecule is O=C(O)c1ccc(SC2CCC2)cc1. The third-order valence-electron chi connectivity index (χ3n) is 2.46. The van der Waals surface area contributed by atoms with Crippen LogP contribution in [0, 0.1) is 0 Å². The van der Waals surface area contributed by atoms with Crippen molar-refractivity contribution >= 4 is 17.7 Å². The van der Waals surface area contributed by atoms with Gasteiger partial charge in [0.1, 0.15) is 0 Å². The van der Waals surface area contributed by atoms with Crippen molar-refractivity contribution in [3.63, 3.8) is 0 Å². The summed E-state index contributed by atoms with van der Waals surface area (Å²) in [7, 11) is 0. The number of rotatable bonds is 3. The predicted molar refractivity (Wildman–Crippen MR) is 56.9 cm³/mol.